The van der Waals surface area contributed by atoms with Crippen LogP contribution in [0, 0.1) is 11.3 Å². The fraction of sp³-hybridized carbons (Fsp3) is 0.368. The minimum Gasteiger partial charge on any atom is -0.459 e. The molecular formula is C19H20N2O4. The van der Waals surface area contributed by atoms with Gasteiger partial charge >= 0.3 is 0 Å². The molecule has 3 heterocycles. The fourth-order valence-corrected chi connectivity index (χ4v) is 4.03. The summed E-state index contributed by atoms with van der Waals surface area (Å²) in [6, 6.07) is 12.5. The minimum absolute atomic E-state index is 0.0215. The second kappa shape index (κ2) is 6.04. The Hall–Kier alpha value is -2.60. The average molecular weight is 340 g/mol. The molecule has 2 amide bonds. The van der Waals surface area contributed by atoms with Gasteiger partial charge in [0.2, 0.25) is 0 Å². The van der Waals surface area contributed by atoms with E-state index < -0.39 is 5.41 Å². The van der Waals surface area contributed by atoms with E-state index in [9.17, 15) is 14.7 Å². The van der Waals surface area contributed by atoms with Crippen LogP contribution in [0.5, 0.6) is 0 Å². The van der Waals surface area contributed by atoms with Crippen LogP contribution in [0.3, 0.4) is 0 Å². The first-order chi connectivity index (χ1) is 12.1. The molecule has 2 aliphatic rings. The summed E-state index contributed by atoms with van der Waals surface area (Å²) in [5.41, 5.74) is 0.200. The van der Waals surface area contributed by atoms with Gasteiger partial charge in [-0.15, -0.1) is 0 Å². The van der Waals surface area contributed by atoms with Crippen molar-refractivity contribution in [3.8, 4) is 0 Å². The Morgan fingerprint density at radius 3 is 2.28 bits per heavy atom. The van der Waals surface area contributed by atoms with E-state index in [1.807, 2.05) is 18.2 Å². The monoisotopic (exact) mass is 340 g/mol. The predicted octanol–water partition coefficient (Wildman–Crippen LogP) is 1.49. The molecule has 6 nitrogen and oxygen atoms in total. The number of likely N-dealkylation sites (tertiary alicyclic amines) is 2. The number of hydrogen-bond donors (Lipinski definition) is 1. The molecular weight excluding hydrogens is 320 g/mol. The van der Waals surface area contributed by atoms with Crippen LogP contribution in [-0.4, -0.2) is 59.5 Å². The van der Waals surface area contributed by atoms with Gasteiger partial charge in [0.15, 0.2) is 5.76 Å². The number of carbonyl (C=O) groups is 2. The number of rotatable bonds is 3. The molecule has 6 heteroatoms. The quantitative estimate of drug-likeness (QED) is 0.919. The number of nitrogens with zero attached hydrogens (tertiary/aromatic N) is 2. The second-order valence-electron chi connectivity index (χ2n) is 6.93. The molecule has 0 saturated carbocycles. The highest BCUT2D eigenvalue weighted by molar-refractivity contribution is 5.94. The molecule has 2 saturated heterocycles. The Bertz CT molecular complexity index is 774. The van der Waals surface area contributed by atoms with E-state index in [2.05, 4.69) is 0 Å². The van der Waals surface area contributed by atoms with Crippen molar-refractivity contribution in [1.82, 2.24) is 9.80 Å². The largest absolute Gasteiger partial charge is 0.459 e. The Balaban J connectivity index is 1.50. The number of aliphatic hydroxyl groups excluding tert-OH is 1. The molecule has 0 unspecified atom stereocenters. The summed E-state index contributed by atoms with van der Waals surface area (Å²) in [6.45, 7) is 1.93. The molecule has 2 fully saturated rings. The van der Waals surface area contributed by atoms with E-state index in [4.69, 9.17) is 4.42 Å². The molecule has 0 spiro atoms. The summed E-state index contributed by atoms with van der Waals surface area (Å²) >= 11 is 0. The van der Waals surface area contributed by atoms with E-state index >= 15 is 0 Å². The Labute approximate surface area is 145 Å². The van der Waals surface area contributed by atoms with Crippen LogP contribution in [0.2, 0.25) is 0 Å². The lowest BCUT2D eigenvalue weighted by atomic mass is 9.82. The fourth-order valence-electron chi connectivity index (χ4n) is 4.03. The first-order valence-electron chi connectivity index (χ1n) is 8.41. The SMILES string of the molecule is O=C(c1ccccc1)N1C[C@@H]2CN(C(=O)c3ccco3)C[C@]2(CO)C1. The summed E-state index contributed by atoms with van der Waals surface area (Å²) in [4.78, 5) is 28.7. The van der Waals surface area contributed by atoms with Crippen LogP contribution in [0.4, 0.5) is 0 Å². The van der Waals surface area contributed by atoms with Gasteiger partial charge in [0.1, 0.15) is 0 Å². The number of carbonyl (C=O) groups excluding carboxylic acids is 2. The third-order valence-electron chi connectivity index (χ3n) is 5.40. The number of furan rings is 1. The number of amides is 2. The predicted molar refractivity (Wildman–Crippen MR) is 90.0 cm³/mol. The van der Waals surface area contributed by atoms with E-state index in [1.54, 1.807) is 34.1 Å². The highest BCUT2D eigenvalue weighted by Gasteiger charge is 2.54. The molecule has 0 radical (unpaired) electrons. The van der Waals surface area contributed by atoms with Crippen molar-refractivity contribution in [3.63, 3.8) is 0 Å². The zero-order chi connectivity index (χ0) is 17.4. The van der Waals surface area contributed by atoms with Gasteiger partial charge in [-0.1, -0.05) is 18.2 Å². The van der Waals surface area contributed by atoms with Gasteiger partial charge in [-0.2, -0.15) is 0 Å². The Kier molecular flexibility index (Phi) is 3.84. The first kappa shape index (κ1) is 15.9. The van der Waals surface area contributed by atoms with Crippen molar-refractivity contribution in [2.24, 2.45) is 11.3 Å². The minimum atomic E-state index is -0.452. The van der Waals surface area contributed by atoms with Gasteiger partial charge in [-0.25, -0.2) is 0 Å². The highest BCUT2D eigenvalue weighted by Crippen LogP contribution is 2.43. The Morgan fingerprint density at radius 2 is 1.72 bits per heavy atom. The number of fused-ring (bicyclic) bond motifs is 1. The lowest BCUT2D eigenvalue weighted by Crippen LogP contribution is -2.40. The summed E-state index contributed by atoms with van der Waals surface area (Å²) in [6.07, 6.45) is 1.48. The van der Waals surface area contributed by atoms with Gasteiger partial charge in [0.25, 0.3) is 11.8 Å². The zero-order valence-electron chi connectivity index (χ0n) is 13.8. The maximum Gasteiger partial charge on any atom is 0.289 e. The number of hydrogen-bond acceptors (Lipinski definition) is 4. The second-order valence-corrected chi connectivity index (χ2v) is 6.93. The Morgan fingerprint density at radius 1 is 1.04 bits per heavy atom. The standard InChI is InChI=1S/C19H20N2O4/c22-13-19-11-20(17(23)14-5-2-1-3-6-14)9-15(19)10-21(12-19)18(24)16-7-4-8-25-16/h1-8,15,22H,9-13H2/t15-,19+/m1/s1. The molecule has 0 bridgehead atoms. The maximum absolute atomic E-state index is 12.7. The van der Waals surface area contributed by atoms with Gasteiger partial charge in [-0.3, -0.25) is 9.59 Å². The molecule has 2 aromatic rings. The van der Waals surface area contributed by atoms with Gasteiger partial charge < -0.3 is 19.3 Å². The van der Waals surface area contributed by atoms with Crippen molar-refractivity contribution in [3.05, 3.63) is 60.1 Å². The van der Waals surface area contributed by atoms with Crippen LogP contribution >= 0.6 is 0 Å². The van der Waals surface area contributed by atoms with Gasteiger partial charge in [0.05, 0.1) is 12.9 Å². The van der Waals surface area contributed by atoms with Gasteiger partial charge in [-0.05, 0) is 24.3 Å². The van der Waals surface area contributed by atoms with Crippen LogP contribution in [0.1, 0.15) is 20.9 Å². The van der Waals surface area contributed by atoms with Crippen molar-refractivity contribution >= 4 is 11.8 Å². The van der Waals surface area contributed by atoms with Gasteiger partial charge in [0, 0.05) is 43.1 Å². The molecule has 25 heavy (non-hydrogen) atoms. The number of aliphatic hydroxyl groups is 1. The summed E-state index contributed by atoms with van der Waals surface area (Å²) in [7, 11) is 0. The first-order valence-corrected chi connectivity index (χ1v) is 8.41. The third kappa shape index (κ3) is 2.62. The van der Waals surface area contributed by atoms with Crippen molar-refractivity contribution < 1.29 is 19.1 Å². The normalized spacial score (nSPS) is 25.2. The molecule has 1 N–H and O–H groups in total. The molecule has 130 valence electrons. The lowest BCUT2D eigenvalue weighted by molar-refractivity contribution is 0.0650. The topological polar surface area (TPSA) is 74.0 Å². The maximum atomic E-state index is 12.7. The third-order valence-corrected chi connectivity index (χ3v) is 5.40. The lowest BCUT2D eigenvalue weighted by Gasteiger charge is -2.27. The summed E-state index contributed by atoms with van der Waals surface area (Å²) in [5.74, 6) is 0.203. The molecule has 1 aromatic carbocycles. The van der Waals surface area contributed by atoms with Crippen LogP contribution < -0.4 is 0 Å². The van der Waals surface area contributed by atoms with Crippen molar-refractivity contribution in [2.75, 3.05) is 32.8 Å². The number of benzene rings is 1. The molecule has 1 aromatic heterocycles. The van der Waals surface area contributed by atoms with E-state index in [0.717, 1.165) is 0 Å². The smallest absolute Gasteiger partial charge is 0.289 e. The molecule has 2 aliphatic heterocycles. The molecule has 4 rings (SSSR count). The zero-order valence-corrected chi connectivity index (χ0v) is 13.8. The van der Waals surface area contributed by atoms with E-state index in [1.165, 1.54) is 6.26 Å². The molecule has 0 aliphatic carbocycles. The average Bonchev–Trinajstić information content (AvgIpc) is 3.35. The van der Waals surface area contributed by atoms with Crippen molar-refractivity contribution in [2.45, 2.75) is 0 Å². The van der Waals surface area contributed by atoms with E-state index in [-0.39, 0.29) is 24.3 Å². The van der Waals surface area contributed by atoms with Crippen molar-refractivity contribution in [1.29, 1.82) is 0 Å². The van der Waals surface area contributed by atoms with Crippen LogP contribution in [-0.2, 0) is 0 Å². The van der Waals surface area contributed by atoms with E-state index in [0.29, 0.717) is 37.5 Å². The van der Waals surface area contributed by atoms with Crippen LogP contribution in [0.25, 0.3) is 0 Å². The summed E-state index contributed by atoms with van der Waals surface area (Å²) < 4.78 is 5.20. The highest BCUT2D eigenvalue weighted by atomic mass is 16.3. The van der Waals surface area contributed by atoms with Crippen LogP contribution in [0.15, 0.2) is 53.1 Å². The summed E-state index contributed by atoms with van der Waals surface area (Å²) in [5, 5.41) is 10.0. The molecule has 2 atom stereocenters.